The van der Waals surface area contributed by atoms with Gasteiger partial charge in [0, 0.05) is 18.8 Å². The fourth-order valence-electron chi connectivity index (χ4n) is 2.27. The smallest absolute Gasteiger partial charge is 0.203 e. The highest BCUT2D eigenvalue weighted by molar-refractivity contribution is 5.29. The normalized spacial score (nSPS) is 13.1. The van der Waals surface area contributed by atoms with E-state index in [2.05, 4.69) is 55.7 Å². The molecule has 0 spiro atoms. The van der Waals surface area contributed by atoms with Crippen molar-refractivity contribution in [3.63, 3.8) is 0 Å². The van der Waals surface area contributed by atoms with Crippen LogP contribution in [0.15, 0.2) is 6.20 Å². The lowest BCUT2D eigenvalue weighted by Crippen LogP contribution is -2.17. The van der Waals surface area contributed by atoms with E-state index in [1.165, 1.54) is 12.8 Å². The third-order valence-corrected chi connectivity index (χ3v) is 3.21. The van der Waals surface area contributed by atoms with Crippen molar-refractivity contribution in [2.45, 2.75) is 59.9 Å². The number of imidazole rings is 1. The van der Waals surface area contributed by atoms with Crippen molar-refractivity contribution >= 4 is 5.95 Å². The van der Waals surface area contributed by atoms with Crippen LogP contribution in [0.4, 0.5) is 5.95 Å². The Morgan fingerprint density at radius 2 is 2.06 bits per heavy atom. The number of hydrogen-bond donors (Lipinski definition) is 1. The van der Waals surface area contributed by atoms with Crippen LogP contribution in [0.25, 0.3) is 0 Å². The molecule has 1 unspecified atom stereocenters. The Morgan fingerprint density at radius 3 is 2.59 bits per heavy atom. The van der Waals surface area contributed by atoms with Crippen molar-refractivity contribution in [3.05, 3.63) is 11.9 Å². The van der Waals surface area contributed by atoms with E-state index in [4.69, 9.17) is 0 Å². The summed E-state index contributed by atoms with van der Waals surface area (Å²) < 4.78 is 2.32. The molecule has 0 saturated carbocycles. The number of aromatic nitrogens is 2. The van der Waals surface area contributed by atoms with Gasteiger partial charge in [-0.15, -0.1) is 0 Å². The highest BCUT2D eigenvalue weighted by Crippen LogP contribution is 2.25. The minimum Gasteiger partial charge on any atom is -0.356 e. The highest BCUT2D eigenvalue weighted by Gasteiger charge is 2.17. The summed E-state index contributed by atoms with van der Waals surface area (Å²) in [4.78, 5) is 4.59. The van der Waals surface area contributed by atoms with Gasteiger partial charge >= 0.3 is 0 Å². The molecule has 1 heterocycles. The summed E-state index contributed by atoms with van der Waals surface area (Å²) in [5.74, 6) is 1.68. The predicted octanol–water partition coefficient (Wildman–Crippen LogP) is 4.01. The monoisotopic (exact) mass is 237 g/mol. The Bertz CT molecular complexity index is 328. The minimum atomic E-state index is 0.542. The van der Waals surface area contributed by atoms with Crippen molar-refractivity contribution in [2.75, 3.05) is 11.9 Å². The molecule has 1 N–H and O–H groups in total. The number of rotatable bonds is 7. The van der Waals surface area contributed by atoms with E-state index in [0.29, 0.717) is 12.0 Å². The van der Waals surface area contributed by atoms with Crippen LogP contribution >= 0.6 is 0 Å². The van der Waals surface area contributed by atoms with Gasteiger partial charge in [-0.05, 0) is 25.7 Å². The van der Waals surface area contributed by atoms with E-state index >= 15 is 0 Å². The second kappa shape index (κ2) is 6.67. The van der Waals surface area contributed by atoms with E-state index in [-0.39, 0.29) is 0 Å². The van der Waals surface area contributed by atoms with Gasteiger partial charge in [-0.3, -0.25) is 0 Å². The van der Waals surface area contributed by atoms with Crippen LogP contribution < -0.4 is 5.32 Å². The van der Waals surface area contributed by atoms with Crippen LogP contribution in [0.5, 0.6) is 0 Å². The maximum atomic E-state index is 4.59. The number of anilines is 1. The second-order valence-corrected chi connectivity index (χ2v) is 5.11. The van der Waals surface area contributed by atoms with E-state index in [9.17, 15) is 0 Å². The van der Waals surface area contributed by atoms with E-state index in [1.807, 2.05) is 0 Å². The molecule has 0 amide bonds. The van der Waals surface area contributed by atoms with Gasteiger partial charge in [0.05, 0.1) is 5.69 Å². The number of aryl methyl sites for hydroxylation is 1. The van der Waals surface area contributed by atoms with Gasteiger partial charge in [0.1, 0.15) is 0 Å². The van der Waals surface area contributed by atoms with Gasteiger partial charge < -0.3 is 9.88 Å². The average molecular weight is 237 g/mol. The summed E-state index contributed by atoms with van der Waals surface area (Å²) >= 11 is 0. The molecule has 0 aliphatic heterocycles. The molecule has 0 radical (unpaired) electrons. The standard InChI is InChI=1S/C14H27N3/c1-6-8-9-15-14-16-12(5)10-17(14)13(7-2)11(3)4/h10-11,13H,6-9H2,1-5H3,(H,15,16). The summed E-state index contributed by atoms with van der Waals surface area (Å²) in [6.45, 7) is 12.1. The molecular weight excluding hydrogens is 210 g/mol. The SMILES string of the molecule is CCCCNc1nc(C)cn1C(CC)C(C)C. The zero-order valence-electron chi connectivity index (χ0n) is 12.0. The van der Waals surface area contributed by atoms with Crippen molar-refractivity contribution in [1.82, 2.24) is 9.55 Å². The van der Waals surface area contributed by atoms with Gasteiger partial charge in [0.25, 0.3) is 0 Å². The molecular formula is C14H27N3. The maximum Gasteiger partial charge on any atom is 0.203 e. The van der Waals surface area contributed by atoms with Crippen molar-refractivity contribution in [2.24, 2.45) is 5.92 Å². The first-order valence-electron chi connectivity index (χ1n) is 6.89. The van der Waals surface area contributed by atoms with Gasteiger partial charge in [0.2, 0.25) is 5.95 Å². The Balaban J connectivity index is 2.82. The first kappa shape index (κ1) is 14.1. The molecule has 3 nitrogen and oxygen atoms in total. The molecule has 17 heavy (non-hydrogen) atoms. The fraction of sp³-hybridized carbons (Fsp3) is 0.786. The molecule has 1 aromatic rings. The molecule has 0 aromatic carbocycles. The molecule has 0 saturated heterocycles. The molecule has 1 rings (SSSR count). The Hall–Kier alpha value is -0.990. The zero-order valence-corrected chi connectivity index (χ0v) is 12.0. The van der Waals surface area contributed by atoms with Crippen LogP contribution in [0.3, 0.4) is 0 Å². The summed E-state index contributed by atoms with van der Waals surface area (Å²) in [5, 5.41) is 3.46. The van der Waals surface area contributed by atoms with Crippen LogP contribution in [-0.4, -0.2) is 16.1 Å². The number of nitrogens with one attached hydrogen (secondary N) is 1. The lowest BCUT2D eigenvalue weighted by molar-refractivity contribution is 0.368. The summed E-state index contributed by atoms with van der Waals surface area (Å²) in [6.07, 6.45) is 5.73. The van der Waals surface area contributed by atoms with Gasteiger partial charge in [0.15, 0.2) is 0 Å². The third-order valence-electron chi connectivity index (χ3n) is 3.21. The summed E-state index contributed by atoms with van der Waals surface area (Å²) in [6, 6.07) is 0.542. The maximum absolute atomic E-state index is 4.59. The molecule has 3 heteroatoms. The lowest BCUT2D eigenvalue weighted by Gasteiger charge is -2.23. The topological polar surface area (TPSA) is 29.9 Å². The molecule has 0 fully saturated rings. The first-order chi connectivity index (χ1) is 8.10. The van der Waals surface area contributed by atoms with E-state index in [1.54, 1.807) is 0 Å². The first-order valence-corrected chi connectivity index (χ1v) is 6.89. The van der Waals surface area contributed by atoms with E-state index in [0.717, 1.165) is 24.6 Å². The van der Waals surface area contributed by atoms with Crippen LogP contribution in [0.1, 0.15) is 58.7 Å². The highest BCUT2D eigenvalue weighted by atomic mass is 15.2. The summed E-state index contributed by atoms with van der Waals surface area (Å²) in [7, 11) is 0. The Labute approximate surface area is 106 Å². The van der Waals surface area contributed by atoms with Gasteiger partial charge in [-0.2, -0.15) is 0 Å². The van der Waals surface area contributed by atoms with E-state index < -0.39 is 0 Å². The molecule has 0 aliphatic carbocycles. The van der Waals surface area contributed by atoms with Crippen molar-refractivity contribution in [1.29, 1.82) is 0 Å². The zero-order chi connectivity index (χ0) is 12.8. The molecule has 1 aromatic heterocycles. The minimum absolute atomic E-state index is 0.542. The molecule has 98 valence electrons. The molecule has 0 aliphatic rings. The molecule has 0 bridgehead atoms. The number of hydrogen-bond acceptors (Lipinski definition) is 2. The average Bonchev–Trinajstić information content (AvgIpc) is 2.61. The number of nitrogens with zero attached hydrogens (tertiary/aromatic N) is 2. The summed E-state index contributed by atoms with van der Waals surface area (Å²) in [5.41, 5.74) is 1.10. The molecule has 1 atom stereocenters. The predicted molar refractivity (Wildman–Crippen MR) is 74.5 cm³/mol. The van der Waals surface area contributed by atoms with Crippen molar-refractivity contribution in [3.8, 4) is 0 Å². The fourth-order valence-corrected chi connectivity index (χ4v) is 2.27. The largest absolute Gasteiger partial charge is 0.356 e. The van der Waals surface area contributed by atoms with Crippen molar-refractivity contribution < 1.29 is 0 Å². The quantitative estimate of drug-likeness (QED) is 0.726. The third kappa shape index (κ3) is 3.76. The lowest BCUT2D eigenvalue weighted by atomic mass is 10.0. The van der Waals surface area contributed by atoms with Gasteiger partial charge in [-0.1, -0.05) is 34.1 Å². The number of unbranched alkanes of at least 4 members (excludes halogenated alkanes) is 1. The van der Waals surface area contributed by atoms with Crippen LogP contribution in [0, 0.1) is 12.8 Å². The Kier molecular flexibility index (Phi) is 5.52. The Morgan fingerprint density at radius 1 is 1.35 bits per heavy atom. The second-order valence-electron chi connectivity index (χ2n) is 5.11. The van der Waals surface area contributed by atoms with Gasteiger partial charge in [-0.25, -0.2) is 4.98 Å². The van der Waals surface area contributed by atoms with Crippen LogP contribution in [0.2, 0.25) is 0 Å². The van der Waals surface area contributed by atoms with Crippen LogP contribution in [-0.2, 0) is 0 Å².